The molecule has 0 atom stereocenters. The number of anilines is 2. The van der Waals surface area contributed by atoms with Crippen molar-refractivity contribution in [3.8, 4) is 33.9 Å². The van der Waals surface area contributed by atoms with Gasteiger partial charge in [0.2, 0.25) is 0 Å². The number of nitrogens with zero attached hydrogens (tertiary/aromatic N) is 3. The zero-order valence-electron chi connectivity index (χ0n) is 22.9. The molecule has 0 saturated carbocycles. The number of H-pyrrole nitrogens is 1. The molecule has 0 amide bonds. The molecule has 39 heavy (non-hydrogen) atoms. The molecule has 3 heterocycles. The maximum Gasteiger partial charge on any atom is 0.138 e. The second kappa shape index (κ2) is 11.9. The molecule has 5 heteroatoms. The first-order valence-corrected chi connectivity index (χ1v) is 14.4. The highest BCUT2D eigenvalue weighted by Crippen LogP contribution is 2.35. The van der Waals surface area contributed by atoms with E-state index in [0.29, 0.717) is 6.61 Å². The maximum absolute atomic E-state index is 5.41. The molecule has 2 aliphatic rings. The minimum atomic E-state index is 0.635. The van der Waals surface area contributed by atoms with Gasteiger partial charge in [0.15, 0.2) is 0 Å². The van der Waals surface area contributed by atoms with Crippen LogP contribution in [0.2, 0.25) is 0 Å². The summed E-state index contributed by atoms with van der Waals surface area (Å²) in [4.78, 5) is 13.8. The highest BCUT2D eigenvalue weighted by atomic mass is 16.5. The van der Waals surface area contributed by atoms with E-state index < -0.39 is 0 Å². The SMILES string of the molecule is CCOC/C=C/c1ccc(-c2nc(-c3ccc(N4CCCC4)cc3)c(-c3ccc(N4CCCC4)cc3)[nH]2)cc1. The first kappa shape index (κ1) is 25.4. The van der Waals surface area contributed by atoms with Gasteiger partial charge < -0.3 is 19.5 Å². The molecule has 3 aromatic carbocycles. The number of nitrogens with one attached hydrogen (secondary N) is 1. The smallest absolute Gasteiger partial charge is 0.138 e. The normalized spacial score (nSPS) is 15.6. The van der Waals surface area contributed by atoms with Crippen molar-refractivity contribution in [2.24, 2.45) is 0 Å². The van der Waals surface area contributed by atoms with Gasteiger partial charge in [-0.05, 0) is 62.4 Å². The van der Waals surface area contributed by atoms with Gasteiger partial charge in [-0.25, -0.2) is 4.98 Å². The van der Waals surface area contributed by atoms with E-state index in [1.807, 2.05) is 6.92 Å². The molecule has 0 spiro atoms. The summed E-state index contributed by atoms with van der Waals surface area (Å²) in [5.74, 6) is 0.886. The van der Waals surface area contributed by atoms with Crippen molar-refractivity contribution < 1.29 is 4.74 Å². The predicted octanol–water partition coefficient (Wildman–Crippen LogP) is 7.66. The molecule has 1 aromatic heterocycles. The number of rotatable bonds is 9. The van der Waals surface area contributed by atoms with Crippen LogP contribution in [0.15, 0.2) is 78.9 Å². The molecule has 2 fully saturated rings. The van der Waals surface area contributed by atoms with Gasteiger partial charge in [0.25, 0.3) is 0 Å². The summed E-state index contributed by atoms with van der Waals surface area (Å²) in [5.41, 5.74) is 9.18. The van der Waals surface area contributed by atoms with Crippen molar-refractivity contribution in [1.29, 1.82) is 0 Å². The van der Waals surface area contributed by atoms with E-state index in [0.717, 1.165) is 72.3 Å². The summed E-state index contributed by atoms with van der Waals surface area (Å²) in [7, 11) is 0. The number of aromatic amines is 1. The first-order valence-electron chi connectivity index (χ1n) is 14.4. The van der Waals surface area contributed by atoms with Gasteiger partial charge >= 0.3 is 0 Å². The number of ether oxygens (including phenoxy) is 1. The van der Waals surface area contributed by atoms with Crippen LogP contribution >= 0.6 is 0 Å². The Morgan fingerprint density at radius 1 is 0.718 bits per heavy atom. The topological polar surface area (TPSA) is 44.4 Å². The highest BCUT2D eigenvalue weighted by molar-refractivity contribution is 5.82. The van der Waals surface area contributed by atoms with Crippen LogP contribution in [0.5, 0.6) is 0 Å². The van der Waals surface area contributed by atoms with Gasteiger partial charge in [-0.15, -0.1) is 0 Å². The maximum atomic E-state index is 5.41. The third-order valence-corrected chi connectivity index (χ3v) is 7.86. The minimum absolute atomic E-state index is 0.635. The zero-order chi connectivity index (χ0) is 26.4. The number of hydrogen-bond acceptors (Lipinski definition) is 4. The molecular formula is C34H38N4O. The van der Waals surface area contributed by atoms with E-state index in [1.165, 1.54) is 37.1 Å². The summed E-state index contributed by atoms with van der Waals surface area (Å²) < 4.78 is 5.41. The Balaban J connectivity index is 1.32. The summed E-state index contributed by atoms with van der Waals surface area (Å²) in [6.45, 7) is 7.98. The Hall–Kier alpha value is -3.83. The van der Waals surface area contributed by atoms with Crippen LogP contribution in [0.25, 0.3) is 40.0 Å². The molecule has 2 saturated heterocycles. The fourth-order valence-corrected chi connectivity index (χ4v) is 5.67. The average Bonchev–Trinajstić information content (AvgIpc) is 3.79. The van der Waals surface area contributed by atoms with E-state index >= 15 is 0 Å². The van der Waals surface area contributed by atoms with Crippen LogP contribution in [0.3, 0.4) is 0 Å². The lowest BCUT2D eigenvalue weighted by atomic mass is 10.0. The molecule has 2 aliphatic heterocycles. The van der Waals surface area contributed by atoms with Gasteiger partial charge in [-0.1, -0.05) is 60.7 Å². The van der Waals surface area contributed by atoms with E-state index in [-0.39, 0.29) is 0 Å². The molecule has 0 bridgehead atoms. The van der Waals surface area contributed by atoms with Crippen molar-refractivity contribution in [3.63, 3.8) is 0 Å². The fraction of sp³-hybridized carbons (Fsp3) is 0.324. The lowest BCUT2D eigenvalue weighted by molar-refractivity contribution is 0.178. The largest absolute Gasteiger partial charge is 0.378 e. The third-order valence-electron chi connectivity index (χ3n) is 7.86. The first-order chi connectivity index (χ1) is 19.3. The summed E-state index contributed by atoms with van der Waals surface area (Å²) >= 11 is 0. The van der Waals surface area contributed by atoms with Gasteiger partial charge in [0, 0.05) is 60.9 Å². The van der Waals surface area contributed by atoms with Gasteiger partial charge in [0.05, 0.1) is 18.0 Å². The molecule has 0 aliphatic carbocycles. The number of benzene rings is 3. The molecule has 0 radical (unpaired) electrons. The molecule has 4 aromatic rings. The Morgan fingerprint density at radius 2 is 1.26 bits per heavy atom. The number of aromatic nitrogens is 2. The lowest BCUT2D eigenvalue weighted by Gasteiger charge is -2.18. The van der Waals surface area contributed by atoms with Gasteiger partial charge in [-0.2, -0.15) is 0 Å². The Morgan fingerprint density at radius 3 is 1.82 bits per heavy atom. The molecule has 5 nitrogen and oxygen atoms in total. The molecule has 200 valence electrons. The molecular weight excluding hydrogens is 480 g/mol. The summed E-state index contributed by atoms with van der Waals surface area (Å²) in [6, 6.07) is 26.5. The van der Waals surface area contributed by atoms with Crippen molar-refractivity contribution in [2.75, 3.05) is 49.2 Å². The van der Waals surface area contributed by atoms with Crippen molar-refractivity contribution >= 4 is 17.5 Å². The molecule has 1 N–H and O–H groups in total. The van der Waals surface area contributed by atoms with Crippen molar-refractivity contribution in [1.82, 2.24) is 9.97 Å². The fourth-order valence-electron chi connectivity index (χ4n) is 5.67. The second-order valence-electron chi connectivity index (χ2n) is 10.5. The summed E-state index contributed by atoms with van der Waals surface area (Å²) in [5, 5.41) is 0. The third kappa shape index (κ3) is 5.79. The van der Waals surface area contributed by atoms with Crippen LogP contribution in [-0.4, -0.2) is 49.4 Å². The van der Waals surface area contributed by atoms with Crippen molar-refractivity contribution in [3.05, 3.63) is 84.4 Å². The van der Waals surface area contributed by atoms with Crippen molar-refractivity contribution in [2.45, 2.75) is 32.6 Å². The monoisotopic (exact) mass is 518 g/mol. The number of imidazole rings is 1. The van der Waals surface area contributed by atoms with E-state index in [9.17, 15) is 0 Å². The standard InChI is InChI=1S/C34H38N4O/c1-2-39-25-7-8-26-9-11-29(12-10-26)34-35-32(27-13-17-30(18-14-27)37-21-3-4-22-37)33(36-34)28-15-19-31(20-16-28)38-23-5-6-24-38/h7-20H,2-6,21-25H2,1H3,(H,35,36)/b8-7+. The molecule has 6 rings (SSSR count). The predicted molar refractivity (Wildman–Crippen MR) is 163 cm³/mol. The minimum Gasteiger partial charge on any atom is -0.378 e. The van der Waals surface area contributed by atoms with Gasteiger partial charge in [-0.3, -0.25) is 0 Å². The van der Waals surface area contributed by atoms with Crippen LogP contribution in [0, 0.1) is 0 Å². The van der Waals surface area contributed by atoms with Crippen LogP contribution in [-0.2, 0) is 4.74 Å². The van der Waals surface area contributed by atoms with Crippen LogP contribution < -0.4 is 9.80 Å². The van der Waals surface area contributed by atoms with E-state index in [4.69, 9.17) is 9.72 Å². The van der Waals surface area contributed by atoms with Crippen LogP contribution in [0.4, 0.5) is 11.4 Å². The van der Waals surface area contributed by atoms with E-state index in [1.54, 1.807) is 0 Å². The zero-order valence-corrected chi connectivity index (χ0v) is 22.9. The Bertz CT molecular complexity index is 1300. The lowest BCUT2D eigenvalue weighted by Crippen LogP contribution is -2.17. The quantitative estimate of drug-likeness (QED) is 0.231. The van der Waals surface area contributed by atoms with Gasteiger partial charge in [0.1, 0.15) is 5.82 Å². The number of hydrogen-bond donors (Lipinski definition) is 1. The molecule has 0 unspecified atom stereocenters. The van der Waals surface area contributed by atoms with Crippen LogP contribution in [0.1, 0.15) is 38.2 Å². The Labute approximate surface area is 232 Å². The van der Waals surface area contributed by atoms with E-state index in [2.05, 4.69) is 99.7 Å². The Kier molecular flexibility index (Phi) is 7.78. The average molecular weight is 519 g/mol. The second-order valence-corrected chi connectivity index (χ2v) is 10.5. The summed E-state index contributed by atoms with van der Waals surface area (Å²) in [6.07, 6.45) is 9.28. The highest BCUT2D eigenvalue weighted by Gasteiger charge is 2.18.